The second kappa shape index (κ2) is 4.84. The van der Waals surface area contributed by atoms with Gasteiger partial charge < -0.3 is 9.84 Å². The van der Waals surface area contributed by atoms with Crippen molar-refractivity contribution in [2.75, 3.05) is 13.7 Å². The lowest BCUT2D eigenvalue weighted by Gasteiger charge is -2.02. The van der Waals surface area contributed by atoms with Gasteiger partial charge in [0.2, 0.25) is 5.88 Å². The average molecular weight is 200 g/mol. The molecule has 1 N–H and O–H groups in total. The van der Waals surface area contributed by atoms with E-state index in [-0.39, 0.29) is 6.61 Å². The summed E-state index contributed by atoms with van der Waals surface area (Å²) in [5, 5.41) is 9.12. The molecule has 0 bridgehead atoms. The third-order valence-corrected chi connectivity index (χ3v) is 1.65. The number of methoxy groups -OCH3 is 1. The van der Waals surface area contributed by atoms with Crippen LogP contribution in [-0.2, 0) is 0 Å². The minimum atomic E-state index is -0.0182. The van der Waals surface area contributed by atoms with Crippen LogP contribution in [0.2, 0.25) is 5.02 Å². The van der Waals surface area contributed by atoms with E-state index in [9.17, 15) is 0 Å². The van der Waals surface area contributed by atoms with Crippen LogP contribution in [-0.4, -0.2) is 23.8 Å². The molecule has 1 rings (SSSR count). The maximum atomic E-state index is 8.58. The Labute approximate surface area is 81.6 Å². The van der Waals surface area contributed by atoms with Gasteiger partial charge in [0.25, 0.3) is 0 Å². The van der Waals surface area contributed by atoms with Crippen molar-refractivity contribution in [3.8, 4) is 5.88 Å². The number of halogens is 1. The summed E-state index contributed by atoms with van der Waals surface area (Å²) < 4.78 is 4.99. The predicted molar refractivity (Wildman–Crippen MR) is 51.9 cm³/mol. The molecule has 1 aromatic rings. The number of hydrogen-bond donors (Lipinski definition) is 1. The third kappa shape index (κ3) is 2.72. The van der Waals surface area contributed by atoms with Crippen molar-refractivity contribution in [3.63, 3.8) is 0 Å². The van der Waals surface area contributed by atoms with E-state index in [4.69, 9.17) is 21.4 Å². The monoisotopic (exact) mass is 199 g/mol. The van der Waals surface area contributed by atoms with E-state index in [0.29, 0.717) is 10.9 Å². The van der Waals surface area contributed by atoms with E-state index in [1.807, 2.05) is 0 Å². The fourth-order valence-electron chi connectivity index (χ4n) is 0.912. The SMILES string of the molecule is COc1ncc(Cl)cc1C=CCO. The Morgan fingerprint density at radius 1 is 1.69 bits per heavy atom. The van der Waals surface area contributed by atoms with E-state index in [0.717, 1.165) is 5.56 Å². The number of rotatable bonds is 3. The Morgan fingerprint density at radius 2 is 2.46 bits per heavy atom. The number of ether oxygens (including phenoxy) is 1. The normalized spacial score (nSPS) is 10.7. The lowest BCUT2D eigenvalue weighted by molar-refractivity contribution is 0.343. The van der Waals surface area contributed by atoms with E-state index >= 15 is 0 Å². The van der Waals surface area contributed by atoms with Crippen LogP contribution in [0.3, 0.4) is 0 Å². The highest BCUT2D eigenvalue weighted by Crippen LogP contribution is 2.20. The molecule has 0 saturated heterocycles. The fraction of sp³-hybridized carbons (Fsp3) is 0.222. The predicted octanol–water partition coefficient (Wildman–Crippen LogP) is 1.75. The molecule has 0 atom stereocenters. The smallest absolute Gasteiger partial charge is 0.220 e. The van der Waals surface area contributed by atoms with Gasteiger partial charge in [0, 0.05) is 11.8 Å². The molecule has 0 aliphatic rings. The largest absolute Gasteiger partial charge is 0.481 e. The van der Waals surface area contributed by atoms with Gasteiger partial charge in [-0.1, -0.05) is 23.8 Å². The van der Waals surface area contributed by atoms with E-state index in [2.05, 4.69) is 4.98 Å². The molecule has 70 valence electrons. The molecule has 3 nitrogen and oxygen atoms in total. The molecule has 0 aromatic carbocycles. The third-order valence-electron chi connectivity index (χ3n) is 1.44. The summed E-state index contributed by atoms with van der Waals surface area (Å²) in [4.78, 5) is 3.96. The summed E-state index contributed by atoms with van der Waals surface area (Å²) in [7, 11) is 1.53. The van der Waals surface area contributed by atoms with Gasteiger partial charge in [-0.05, 0) is 6.07 Å². The number of hydrogen-bond acceptors (Lipinski definition) is 3. The van der Waals surface area contributed by atoms with Gasteiger partial charge in [-0.3, -0.25) is 0 Å². The maximum absolute atomic E-state index is 8.58. The molecule has 0 radical (unpaired) electrons. The number of nitrogens with zero attached hydrogens (tertiary/aromatic N) is 1. The molecule has 4 heteroatoms. The van der Waals surface area contributed by atoms with Gasteiger partial charge in [0.05, 0.1) is 18.7 Å². The Hall–Kier alpha value is -1.06. The highest BCUT2D eigenvalue weighted by Gasteiger charge is 2.00. The fourth-order valence-corrected chi connectivity index (χ4v) is 1.08. The quantitative estimate of drug-likeness (QED) is 0.807. The second-order valence-corrected chi connectivity index (χ2v) is 2.77. The van der Waals surface area contributed by atoms with E-state index in [1.54, 1.807) is 18.2 Å². The van der Waals surface area contributed by atoms with Crippen LogP contribution >= 0.6 is 11.6 Å². The Morgan fingerprint density at radius 3 is 3.08 bits per heavy atom. The standard InChI is InChI=1S/C9H10ClNO2/c1-13-9-7(3-2-4-12)5-8(10)6-11-9/h2-3,5-6,12H,4H2,1H3. The first-order valence-electron chi connectivity index (χ1n) is 3.75. The van der Waals surface area contributed by atoms with Crippen molar-refractivity contribution in [1.82, 2.24) is 4.98 Å². The molecule has 0 spiro atoms. The Kier molecular flexibility index (Phi) is 3.73. The van der Waals surface area contributed by atoms with Gasteiger partial charge in [-0.2, -0.15) is 0 Å². The summed E-state index contributed by atoms with van der Waals surface area (Å²) >= 11 is 5.74. The van der Waals surface area contributed by atoms with Gasteiger partial charge in [0.1, 0.15) is 0 Å². The van der Waals surface area contributed by atoms with Crippen molar-refractivity contribution in [2.24, 2.45) is 0 Å². The first-order valence-corrected chi connectivity index (χ1v) is 4.12. The minimum Gasteiger partial charge on any atom is -0.481 e. The van der Waals surface area contributed by atoms with Crippen molar-refractivity contribution in [3.05, 3.63) is 28.9 Å². The zero-order chi connectivity index (χ0) is 9.68. The van der Waals surface area contributed by atoms with Crippen molar-refractivity contribution in [1.29, 1.82) is 0 Å². The molecular weight excluding hydrogens is 190 g/mol. The Balaban J connectivity index is 3.01. The van der Waals surface area contributed by atoms with Gasteiger partial charge in [-0.25, -0.2) is 4.98 Å². The zero-order valence-electron chi connectivity index (χ0n) is 7.20. The molecule has 0 amide bonds. The number of aromatic nitrogens is 1. The molecule has 0 aliphatic carbocycles. The highest BCUT2D eigenvalue weighted by molar-refractivity contribution is 6.30. The van der Waals surface area contributed by atoms with Crippen LogP contribution in [0.4, 0.5) is 0 Å². The van der Waals surface area contributed by atoms with Crippen LogP contribution in [0, 0.1) is 0 Å². The molecule has 13 heavy (non-hydrogen) atoms. The van der Waals surface area contributed by atoms with Crippen LogP contribution in [0.1, 0.15) is 5.56 Å². The molecule has 0 unspecified atom stereocenters. The topological polar surface area (TPSA) is 42.4 Å². The number of aliphatic hydroxyl groups is 1. The first kappa shape index (κ1) is 10.0. The summed E-state index contributed by atoms with van der Waals surface area (Å²) in [6.07, 6.45) is 4.81. The molecule has 1 heterocycles. The molecule has 0 fully saturated rings. The summed E-state index contributed by atoms with van der Waals surface area (Å²) in [6.45, 7) is -0.0182. The second-order valence-electron chi connectivity index (χ2n) is 2.34. The average Bonchev–Trinajstić information content (AvgIpc) is 2.15. The number of aliphatic hydroxyl groups excluding tert-OH is 1. The summed E-state index contributed by atoms with van der Waals surface area (Å²) in [6, 6.07) is 1.72. The van der Waals surface area contributed by atoms with Crippen LogP contribution in [0.5, 0.6) is 5.88 Å². The molecule has 0 saturated carbocycles. The molecule has 1 aromatic heterocycles. The van der Waals surface area contributed by atoms with Crippen LogP contribution in [0.25, 0.3) is 6.08 Å². The molecule has 0 aliphatic heterocycles. The van der Waals surface area contributed by atoms with E-state index in [1.165, 1.54) is 13.3 Å². The number of pyridine rings is 1. The van der Waals surface area contributed by atoms with Crippen molar-refractivity contribution >= 4 is 17.7 Å². The minimum absolute atomic E-state index is 0.0182. The highest BCUT2D eigenvalue weighted by atomic mass is 35.5. The zero-order valence-corrected chi connectivity index (χ0v) is 7.95. The van der Waals surface area contributed by atoms with Gasteiger partial charge >= 0.3 is 0 Å². The lowest BCUT2D eigenvalue weighted by atomic mass is 10.2. The van der Waals surface area contributed by atoms with Gasteiger partial charge in [0.15, 0.2) is 0 Å². The van der Waals surface area contributed by atoms with Crippen LogP contribution < -0.4 is 4.74 Å². The van der Waals surface area contributed by atoms with Crippen molar-refractivity contribution in [2.45, 2.75) is 0 Å². The first-order chi connectivity index (χ1) is 6.27. The Bertz CT molecular complexity index is 312. The summed E-state index contributed by atoms with van der Waals surface area (Å²) in [5.74, 6) is 0.495. The van der Waals surface area contributed by atoms with Gasteiger partial charge in [-0.15, -0.1) is 0 Å². The lowest BCUT2D eigenvalue weighted by Crippen LogP contribution is -1.90. The van der Waals surface area contributed by atoms with E-state index < -0.39 is 0 Å². The van der Waals surface area contributed by atoms with Crippen LogP contribution in [0.15, 0.2) is 18.3 Å². The van der Waals surface area contributed by atoms with Crippen molar-refractivity contribution < 1.29 is 9.84 Å². The maximum Gasteiger partial charge on any atom is 0.220 e. The summed E-state index contributed by atoms with van der Waals surface area (Å²) in [5.41, 5.74) is 0.754. The molecular formula is C9H10ClNO2.